The van der Waals surface area contributed by atoms with Gasteiger partial charge in [0, 0.05) is 32.4 Å². The summed E-state index contributed by atoms with van der Waals surface area (Å²) < 4.78 is 10.2. The van der Waals surface area contributed by atoms with E-state index >= 15 is 0 Å². The van der Waals surface area contributed by atoms with Crippen LogP contribution >= 0.6 is 0 Å². The van der Waals surface area contributed by atoms with Gasteiger partial charge in [-0.2, -0.15) is 0 Å². The Morgan fingerprint density at radius 2 is 1.65 bits per heavy atom. The number of hydrogen-bond acceptors (Lipinski definition) is 7. The molecular formula is C22H26N2O7. The van der Waals surface area contributed by atoms with Gasteiger partial charge in [-0.3, -0.25) is 0 Å². The molecule has 2 aromatic carbocycles. The van der Waals surface area contributed by atoms with Gasteiger partial charge < -0.3 is 35.0 Å². The van der Waals surface area contributed by atoms with Crippen molar-refractivity contribution in [2.45, 2.75) is 31.3 Å². The van der Waals surface area contributed by atoms with E-state index in [-0.39, 0.29) is 17.5 Å². The van der Waals surface area contributed by atoms with Gasteiger partial charge >= 0.3 is 17.7 Å². The number of benzene rings is 2. The first-order chi connectivity index (χ1) is 14.6. The summed E-state index contributed by atoms with van der Waals surface area (Å²) in [5, 5.41) is 32.1. The normalized spacial score (nSPS) is 15.9. The van der Waals surface area contributed by atoms with Crippen molar-refractivity contribution < 1.29 is 34.4 Å². The number of nitrogens with zero attached hydrogens (tertiary/aromatic N) is 1. The fraction of sp³-hybridized carbons (Fsp3) is 0.364. The van der Waals surface area contributed by atoms with Crippen LogP contribution in [-0.2, 0) is 16.0 Å². The van der Waals surface area contributed by atoms with Crippen molar-refractivity contribution in [3.8, 4) is 11.5 Å². The summed E-state index contributed by atoms with van der Waals surface area (Å²) in [6, 6.07) is 12.4. The molecule has 0 radical (unpaired) electrons. The van der Waals surface area contributed by atoms with Gasteiger partial charge in [0.15, 0.2) is 11.5 Å². The Labute approximate surface area is 179 Å². The van der Waals surface area contributed by atoms with Crippen LogP contribution < -0.4 is 19.7 Å². The molecule has 166 valence electrons. The third kappa shape index (κ3) is 4.73. The highest BCUT2D eigenvalue weighted by molar-refractivity contribution is 6.01. The standard InChI is InChI=1S/C22H26N2O7/c1-13(23-12-17(25)15-5-7-16(8-6-15)24(2)3)10-14-4-9-18-19(11-14)31-22(30-18,20(26)27)21(28)29/h4-9,11,13,17,23,25H,10,12H2,1-3H3,(H,26,27)(H,28,29). The number of carboxylic acid groups (broad SMARTS) is 2. The molecule has 31 heavy (non-hydrogen) atoms. The molecule has 9 heteroatoms. The molecule has 0 spiro atoms. The highest BCUT2D eigenvalue weighted by atomic mass is 16.8. The molecule has 0 saturated carbocycles. The van der Waals surface area contributed by atoms with Crippen molar-refractivity contribution in [1.82, 2.24) is 5.32 Å². The molecule has 0 saturated heterocycles. The Morgan fingerprint density at radius 1 is 1.03 bits per heavy atom. The van der Waals surface area contributed by atoms with Crippen LogP contribution in [0.15, 0.2) is 42.5 Å². The van der Waals surface area contributed by atoms with Crippen LogP contribution in [0.4, 0.5) is 5.69 Å². The minimum absolute atomic E-state index is 0.0141. The maximum absolute atomic E-state index is 11.3. The lowest BCUT2D eigenvalue weighted by molar-refractivity contribution is -0.194. The van der Waals surface area contributed by atoms with Crippen molar-refractivity contribution in [3.05, 3.63) is 53.6 Å². The van der Waals surface area contributed by atoms with Crippen LogP contribution in [0.3, 0.4) is 0 Å². The quantitative estimate of drug-likeness (QED) is 0.439. The number of anilines is 1. The third-order valence-electron chi connectivity index (χ3n) is 5.07. The maximum atomic E-state index is 11.3. The van der Waals surface area contributed by atoms with Crippen LogP contribution in [0.25, 0.3) is 0 Å². The summed E-state index contributed by atoms with van der Waals surface area (Å²) in [5.74, 6) is -6.11. The molecular weight excluding hydrogens is 404 g/mol. The summed E-state index contributed by atoms with van der Waals surface area (Å²) >= 11 is 0. The number of ether oxygens (including phenoxy) is 2. The summed E-state index contributed by atoms with van der Waals surface area (Å²) in [7, 11) is 3.90. The van der Waals surface area contributed by atoms with Gasteiger partial charge in [0.25, 0.3) is 0 Å². The first kappa shape index (κ1) is 22.4. The fourth-order valence-electron chi connectivity index (χ4n) is 3.29. The second-order valence-electron chi connectivity index (χ2n) is 7.73. The molecule has 1 aliphatic rings. The summed E-state index contributed by atoms with van der Waals surface area (Å²) in [6.45, 7) is 2.30. The minimum Gasteiger partial charge on any atom is -0.475 e. The maximum Gasteiger partial charge on any atom is 0.453 e. The third-order valence-corrected chi connectivity index (χ3v) is 5.07. The van der Waals surface area contributed by atoms with Crippen molar-refractivity contribution in [2.75, 3.05) is 25.5 Å². The molecule has 4 N–H and O–H groups in total. The minimum atomic E-state index is -2.77. The predicted molar refractivity (Wildman–Crippen MR) is 113 cm³/mol. The van der Waals surface area contributed by atoms with Gasteiger partial charge in [-0.25, -0.2) is 9.59 Å². The van der Waals surface area contributed by atoms with Crippen molar-refractivity contribution in [3.63, 3.8) is 0 Å². The van der Waals surface area contributed by atoms with E-state index in [1.54, 1.807) is 12.1 Å². The molecule has 0 fully saturated rings. The number of aliphatic hydroxyl groups excluding tert-OH is 1. The number of carboxylic acids is 2. The second-order valence-corrected chi connectivity index (χ2v) is 7.73. The van der Waals surface area contributed by atoms with E-state index in [9.17, 15) is 24.9 Å². The van der Waals surface area contributed by atoms with E-state index in [1.165, 1.54) is 6.07 Å². The number of hydrogen-bond donors (Lipinski definition) is 4. The van der Waals surface area contributed by atoms with Gasteiger partial charge in [-0.1, -0.05) is 18.2 Å². The summed E-state index contributed by atoms with van der Waals surface area (Å²) in [6.07, 6.45) is -0.113. The van der Waals surface area contributed by atoms with Crippen LogP contribution in [0, 0.1) is 0 Å². The summed E-state index contributed by atoms with van der Waals surface area (Å²) in [4.78, 5) is 24.7. The monoisotopic (exact) mass is 430 g/mol. The van der Waals surface area contributed by atoms with Crippen molar-refractivity contribution >= 4 is 17.6 Å². The van der Waals surface area contributed by atoms with Gasteiger partial charge in [-0.15, -0.1) is 0 Å². The highest BCUT2D eigenvalue weighted by Gasteiger charge is 2.57. The van der Waals surface area contributed by atoms with Gasteiger partial charge in [0.1, 0.15) is 0 Å². The van der Waals surface area contributed by atoms with E-state index < -0.39 is 23.8 Å². The molecule has 1 heterocycles. The van der Waals surface area contributed by atoms with Crippen LogP contribution in [0.2, 0.25) is 0 Å². The Kier molecular flexibility index (Phi) is 6.37. The molecule has 2 atom stereocenters. The SMILES string of the molecule is CC(Cc1ccc2c(c1)OC(C(=O)O)(C(=O)O)O2)NCC(O)c1ccc(N(C)C)cc1. The smallest absolute Gasteiger partial charge is 0.453 e. The number of fused-ring (bicyclic) bond motifs is 1. The van der Waals surface area contributed by atoms with Crippen molar-refractivity contribution in [2.24, 2.45) is 0 Å². The molecule has 0 aliphatic carbocycles. The molecule has 0 bridgehead atoms. The number of aliphatic carboxylic acids is 2. The van der Waals surface area contributed by atoms with Crippen LogP contribution in [0.5, 0.6) is 11.5 Å². The molecule has 9 nitrogen and oxygen atoms in total. The number of carbonyl (C=O) groups is 2. The Morgan fingerprint density at radius 3 is 2.23 bits per heavy atom. The lowest BCUT2D eigenvalue weighted by Gasteiger charge is -2.19. The van der Waals surface area contributed by atoms with E-state index in [4.69, 9.17) is 9.47 Å². The summed E-state index contributed by atoms with van der Waals surface area (Å²) in [5.41, 5.74) is 2.67. The fourth-order valence-corrected chi connectivity index (χ4v) is 3.29. The average Bonchev–Trinajstić information content (AvgIpc) is 3.12. The topological polar surface area (TPSA) is 129 Å². The largest absolute Gasteiger partial charge is 0.475 e. The first-order valence-electron chi connectivity index (χ1n) is 9.79. The molecule has 0 aromatic heterocycles. The van der Waals surface area contributed by atoms with E-state index in [1.807, 2.05) is 50.2 Å². The number of aliphatic hydroxyl groups is 1. The van der Waals surface area contributed by atoms with E-state index in [0.29, 0.717) is 13.0 Å². The molecule has 0 amide bonds. The number of nitrogens with one attached hydrogen (secondary N) is 1. The van der Waals surface area contributed by atoms with E-state index in [2.05, 4.69) is 5.32 Å². The molecule has 2 unspecified atom stereocenters. The Bertz CT molecular complexity index is 945. The lowest BCUT2D eigenvalue weighted by atomic mass is 10.1. The zero-order valence-electron chi connectivity index (χ0n) is 17.5. The van der Waals surface area contributed by atoms with Crippen LogP contribution in [0.1, 0.15) is 24.2 Å². The van der Waals surface area contributed by atoms with E-state index in [0.717, 1.165) is 16.8 Å². The molecule has 1 aliphatic heterocycles. The van der Waals surface area contributed by atoms with Gasteiger partial charge in [0.05, 0.1) is 6.10 Å². The Hall–Kier alpha value is -3.30. The lowest BCUT2D eigenvalue weighted by Crippen LogP contribution is -2.54. The average molecular weight is 430 g/mol. The Balaban J connectivity index is 1.58. The highest BCUT2D eigenvalue weighted by Crippen LogP contribution is 2.40. The first-order valence-corrected chi connectivity index (χ1v) is 9.79. The molecule has 3 rings (SSSR count). The van der Waals surface area contributed by atoms with Gasteiger partial charge in [-0.05, 0) is 48.7 Å². The van der Waals surface area contributed by atoms with Crippen molar-refractivity contribution in [1.29, 1.82) is 0 Å². The number of rotatable bonds is 9. The predicted octanol–water partition coefficient (Wildman–Crippen LogP) is 1.64. The zero-order chi connectivity index (χ0) is 22.8. The van der Waals surface area contributed by atoms with Gasteiger partial charge in [0.2, 0.25) is 0 Å². The zero-order valence-corrected chi connectivity index (χ0v) is 17.5. The van der Waals surface area contributed by atoms with Crippen LogP contribution in [-0.4, -0.2) is 59.7 Å². The molecule has 2 aromatic rings. The second kappa shape index (κ2) is 8.83.